The van der Waals surface area contributed by atoms with Crippen LogP contribution in [0.5, 0.6) is 0 Å². The van der Waals surface area contributed by atoms with Crippen molar-refractivity contribution in [2.75, 3.05) is 23.9 Å². The molecule has 0 aromatic carbocycles. The molecule has 0 saturated heterocycles. The van der Waals surface area contributed by atoms with E-state index in [1.807, 2.05) is 11.8 Å². The van der Waals surface area contributed by atoms with Crippen molar-refractivity contribution in [3.05, 3.63) is 22.7 Å². The lowest BCUT2D eigenvalue weighted by Gasteiger charge is -2.19. The molecule has 0 atom stereocenters. The lowest BCUT2D eigenvalue weighted by Crippen LogP contribution is -2.33. The van der Waals surface area contributed by atoms with Crippen LogP contribution >= 0.6 is 11.6 Å². The Balaban J connectivity index is 3.04. The van der Waals surface area contributed by atoms with Gasteiger partial charge < -0.3 is 9.47 Å². The standard InChI is InChI=1S/C9H14ClN3O/c1-3-13(6-4-10)8-9(14)12(2)7-5-11-8/h5,7H,3-4,6H2,1-2H3. The van der Waals surface area contributed by atoms with E-state index in [9.17, 15) is 4.79 Å². The van der Waals surface area contributed by atoms with Gasteiger partial charge in [-0.25, -0.2) is 4.98 Å². The van der Waals surface area contributed by atoms with Crippen molar-refractivity contribution in [2.24, 2.45) is 7.05 Å². The first-order chi connectivity index (χ1) is 6.70. The maximum absolute atomic E-state index is 11.7. The summed E-state index contributed by atoms with van der Waals surface area (Å²) < 4.78 is 1.51. The molecule has 1 aromatic heterocycles. The summed E-state index contributed by atoms with van der Waals surface area (Å²) in [5.74, 6) is 0.964. The molecule has 0 aliphatic rings. The van der Waals surface area contributed by atoms with Gasteiger partial charge in [-0.05, 0) is 6.92 Å². The quantitative estimate of drug-likeness (QED) is 0.699. The predicted molar refractivity (Wildman–Crippen MR) is 58.1 cm³/mol. The molecule has 0 aliphatic carbocycles. The van der Waals surface area contributed by atoms with Crippen LogP contribution in [0.1, 0.15) is 6.92 Å². The van der Waals surface area contributed by atoms with Crippen molar-refractivity contribution in [1.82, 2.24) is 9.55 Å². The fraction of sp³-hybridized carbons (Fsp3) is 0.556. The largest absolute Gasteiger partial charge is 0.351 e. The molecule has 5 heteroatoms. The molecule has 0 N–H and O–H groups in total. The Kier molecular flexibility index (Phi) is 3.95. The highest BCUT2D eigenvalue weighted by Crippen LogP contribution is 2.02. The third-order valence-electron chi connectivity index (χ3n) is 2.03. The van der Waals surface area contributed by atoms with Crippen LogP contribution in [0.4, 0.5) is 5.82 Å². The van der Waals surface area contributed by atoms with Gasteiger partial charge in [-0.2, -0.15) is 0 Å². The molecule has 1 heterocycles. The third kappa shape index (κ3) is 2.26. The van der Waals surface area contributed by atoms with Crippen LogP contribution in [0.15, 0.2) is 17.2 Å². The van der Waals surface area contributed by atoms with E-state index in [1.165, 1.54) is 4.57 Å². The van der Waals surface area contributed by atoms with E-state index >= 15 is 0 Å². The normalized spacial score (nSPS) is 10.2. The Morgan fingerprint density at radius 3 is 2.93 bits per heavy atom. The van der Waals surface area contributed by atoms with Gasteiger partial charge in [0.05, 0.1) is 0 Å². The summed E-state index contributed by atoms with van der Waals surface area (Å²) in [6, 6.07) is 0. The molecule has 1 aromatic rings. The van der Waals surface area contributed by atoms with Gasteiger partial charge in [-0.1, -0.05) is 0 Å². The fourth-order valence-electron chi connectivity index (χ4n) is 1.22. The number of anilines is 1. The summed E-state index contributed by atoms with van der Waals surface area (Å²) in [6.07, 6.45) is 3.26. The van der Waals surface area contributed by atoms with E-state index in [4.69, 9.17) is 11.6 Å². The van der Waals surface area contributed by atoms with E-state index in [1.54, 1.807) is 19.4 Å². The molecular weight excluding hydrogens is 202 g/mol. The second kappa shape index (κ2) is 5.00. The number of hydrogen-bond donors (Lipinski definition) is 0. The summed E-state index contributed by atoms with van der Waals surface area (Å²) in [5.41, 5.74) is -0.0838. The van der Waals surface area contributed by atoms with Crippen molar-refractivity contribution in [3.63, 3.8) is 0 Å². The highest BCUT2D eigenvalue weighted by atomic mass is 35.5. The third-order valence-corrected chi connectivity index (χ3v) is 2.20. The highest BCUT2D eigenvalue weighted by Gasteiger charge is 2.09. The van der Waals surface area contributed by atoms with Gasteiger partial charge in [0.2, 0.25) is 0 Å². The number of nitrogens with zero attached hydrogens (tertiary/aromatic N) is 3. The van der Waals surface area contributed by atoms with E-state index in [2.05, 4.69) is 4.98 Å². The van der Waals surface area contributed by atoms with Gasteiger partial charge >= 0.3 is 0 Å². The molecule has 78 valence electrons. The number of aromatic nitrogens is 2. The smallest absolute Gasteiger partial charge is 0.293 e. The van der Waals surface area contributed by atoms with Gasteiger partial charge in [-0.15, -0.1) is 11.6 Å². The minimum absolute atomic E-state index is 0.0838. The van der Waals surface area contributed by atoms with Crippen molar-refractivity contribution < 1.29 is 0 Å². The maximum Gasteiger partial charge on any atom is 0.293 e. The van der Waals surface area contributed by atoms with Gasteiger partial charge in [0, 0.05) is 38.4 Å². The minimum Gasteiger partial charge on any atom is -0.351 e. The number of halogens is 1. The zero-order chi connectivity index (χ0) is 10.6. The van der Waals surface area contributed by atoms with Crippen LogP contribution in [0, 0.1) is 0 Å². The summed E-state index contributed by atoms with van der Waals surface area (Å²) in [6.45, 7) is 3.35. The Bertz CT molecular complexity index is 350. The molecule has 0 amide bonds. The Morgan fingerprint density at radius 2 is 2.36 bits per heavy atom. The zero-order valence-corrected chi connectivity index (χ0v) is 9.16. The average Bonchev–Trinajstić information content (AvgIpc) is 2.19. The minimum atomic E-state index is -0.0838. The Labute approximate surface area is 88.1 Å². The first kappa shape index (κ1) is 11.0. The second-order valence-corrected chi connectivity index (χ2v) is 3.31. The highest BCUT2D eigenvalue weighted by molar-refractivity contribution is 6.18. The van der Waals surface area contributed by atoms with Crippen LogP contribution in [0.2, 0.25) is 0 Å². The number of hydrogen-bond acceptors (Lipinski definition) is 3. The van der Waals surface area contributed by atoms with Crippen molar-refractivity contribution >= 4 is 17.4 Å². The molecule has 0 fully saturated rings. The molecular formula is C9H14ClN3O. The van der Waals surface area contributed by atoms with Crippen molar-refractivity contribution in [3.8, 4) is 0 Å². The molecule has 0 bridgehead atoms. The van der Waals surface area contributed by atoms with Crippen molar-refractivity contribution in [2.45, 2.75) is 6.92 Å². The molecule has 4 nitrogen and oxygen atoms in total. The monoisotopic (exact) mass is 215 g/mol. The van der Waals surface area contributed by atoms with Crippen LogP contribution < -0.4 is 10.5 Å². The molecule has 1 rings (SSSR count). The maximum atomic E-state index is 11.7. The van der Waals surface area contributed by atoms with Gasteiger partial charge in [0.25, 0.3) is 5.56 Å². The van der Waals surface area contributed by atoms with Gasteiger partial charge in [-0.3, -0.25) is 4.79 Å². The van der Waals surface area contributed by atoms with Crippen LogP contribution in [0.3, 0.4) is 0 Å². The Hall–Kier alpha value is -1.03. The summed E-state index contributed by atoms with van der Waals surface area (Å²) in [7, 11) is 1.71. The van der Waals surface area contributed by atoms with Gasteiger partial charge in [0.15, 0.2) is 5.82 Å². The molecule has 0 saturated carbocycles. The first-order valence-corrected chi connectivity index (χ1v) is 5.06. The topological polar surface area (TPSA) is 38.1 Å². The zero-order valence-electron chi connectivity index (χ0n) is 8.40. The van der Waals surface area contributed by atoms with E-state index < -0.39 is 0 Å². The summed E-state index contributed by atoms with van der Waals surface area (Å²) in [5, 5.41) is 0. The van der Waals surface area contributed by atoms with E-state index in [0.717, 1.165) is 6.54 Å². The summed E-state index contributed by atoms with van der Waals surface area (Å²) >= 11 is 5.64. The van der Waals surface area contributed by atoms with Crippen molar-refractivity contribution in [1.29, 1.82) is 0 Å². The Morgan fingerprint density at radius 1 is 1.64 bits per heavy atom. The number of rotatable bonds is 4. The van der Waals surface area contributed by atoms with E-state index in [-0.39, 0.29) is 5.56 Å². The molecule has 0 unspecified atom stereocenters. The van der Waals surface area contributed by atoms with Crippen LogP contribution in [-0.2, 0) is 7.05 Å². The number of alkyl halides is 1. The van der Waals surface area contributed by atoms with Crippen LogP contribution in [0.25, 0.3) is 0 Å². The lowest BCUT2D eigenvalue weighted by molar-refractivity contribution is 0.784. The molecule has 0 radical (unpaired) electrons. The molecule has 0 spiro atoms. The SMILES string of the molecule is CCN(CCCl)c1nccn(C)c1=O. The van der Waals surface area contributed by atoms with E-state index in [0.29, 0.717) is 18.2 Å². The fourth-order valence-corrected chi connectivity index (χ4v) is 1.42. The second-order valence-electron chi connectivity index (χ2n) is 2.94. The summed E-state index contributed by atoms with van der Waals surface area (Å²) in [4.78, 5) is 17.6. The molecule has 0 aliphatic heterocycles. The van der Waals surface area contributed by atoms with Gasteiger partial charge in [0.1, 0.15) is 0 Å². The first-order valence-electron chi connectivity index (χ1n) is 4.53. The lowest BCUT2D eigenvalue weighted by atomic mass is 10.4. The average molecular weight is 216 g/mol. The number of aryl methyl sites for hydroxylation is 1. The molecule has 14 heavy (non-hydrogen) atoms. The van der Waals surface area contributed by atoms with Crippen LogP contribution in [-0.4, -0.2) is 28.5 Å². The predicted octanol–water partition coefficient (Wildman–Crippen LogP) is 0.845.